The first-order chi connectivity index (χ1) is 8.08. The Kier molecular flexibility index (Phi) is 4.07. The SMILES string of the molecule is Cc1ncsc1C(C)Nc1ccc(Br)c(Cl)c1. The topological polar surface area (TPSA) is 24.9 Å². The van der Waals surface area contributed by atoms with Gasteiger partial charge in [0.05, 0.1) is 22.3 Å². The van der Waals surface area contributed by atoms with E-state index < -0.39 is 0 Å². The Morgan fingerprint density at radius 1 is 1.47 bits per heavy atom. The van der Waals surface area contributed by atoms with Crippen molar-refractivity contribution in [3.8, 4) is 0 Å². The second kappa shape index (κ2) is 5.38. The molecule has 0 aliphatic carbocycles. The van der Waals surface area contributed by atoms with Gasteiger partial charge in [0.2, 0.25) is 0 Å². The van der Waals surface area contributed by atoms with Crippen LogP contribution in [-0.4, -0.2) is 4.98 Å². The molecule has 0 spiro atoms. The van der Waals surface area contributed by atoms with Crippen molar-refractivity contribution >= 4 is 44.6 Å². The highest BCUT2D eigenvalue weighted by atomic mass is 79.9. The van der Waals surface area contributed by atoms with Gasteiger partial charge in [0, 0.05) is 15.0 Å². The maximum absolute atomic E-state index is 6.06. The zero-order chi connectivity index (χ0) is 12.4. The molecule has 2 aromatic rings. The van der Waals surface area contributed by atoms with Crippen LogP contribution >= 0.6 is 38.9 Å². The van der Waals surface area contributed by atoms with Gasteiger partial charge in [-0.2, -0.15) is 0 Å². The number of hydrogen-bond acceptors (Lipinski definition) is 3. The van der Waals surface area contributed by atoms with Gasteiger partial charge in [-0.3, -0.25) is 0 Å². The predicted molar refractivity (Wildman–Crippen MR) is 78.0 cm³/mol. The summed E-state index contributed by atoms with van der Waals surface area (Å²) in [5, 5.41) is 4.13. The van der Waals surface area contributed by atoms with E-state index in [0.29, 0.717) is 5.02 Å². The lowest BCUT2D eigenvalue weighted by Gasteiger charge is -2.14. The van der Waals surface area contributed by atoms with E-state index in [-0.39, 0.29) is 6.04 Å². The molecule has 0 radical (unpaired) electrons. The second-order valence-electron chi connectivity index (χ2n) is 3.80. The molecular formula is C12H12BrClN2S. The van der Waals surface area contributed by atoms with E-state index in [1.165, 1.54) is 4.88 Å². The Morgan fingerprint density at radius 3 is 2.82 bits per heavy atom. The molecule has 0 saturated carbocycles. The van der Waals surface area contributed by atoms with Crippen LogP contribution in [0.1, 0.15) is 23.5 Å². The van der Waals surface area contributed by atoms with Gasteiger partial charge in [-0.05, 0) is 48.0 Å². The summed E-state index contributed by atoms with van der Waals surface area (Å²) < 4.78 is 0.909. The predicted octanol–water partition coefficient (Wildman–Crippen LogP) is 5.04. The third-order valence-electron chi connectivity index (χ3n) is 2.48. The molecular weight excluding hydrogens is 320 g/mol. The van der Waals surface area contributed by atoms with Crippen molar-refractivity contribution in [3.63, 3.8) is 0 Å². The monoisotopic (exact) mass is 330 g/mol. The molecule has 0 fully saturated rings. The molecule has 0 bridgehead atoms. The summed E-state index contributed by atoms with van der Waals surface area (Å²) in [6, 6.07) is 6.10. The van der Waals surface area contributed by atoms with E-state index in [1.807, 2.05) is 30.6 Å². The zero-order valence-electron chi connectivity index (χ0n) is 9.50. The first kappa shape index (κ1) is 12.9. The van der Waals surface area contributed by atoms with Crippen molar-refractivity contribution in [2.75, 3.05) is 5.32 Å². The summed E-state index contributed by atoms with van der Waals surface area (Å²) in [7, 11) is 0. The van der Waals surface area contributed by atoms with Crippen LogP contribution in [0.4, 0.5) is 5.69 Å². The number of thiazole rings is 1. The van der Waals surface area contributed by atoms with E-state index in [2.05, 4.69) is 33.2 Å². The first-order valence-electron chi connectivity index (χ1n) is 5.19. The van der Waals surface area contributed by atoms with E-state index >= 15 is 0 Å². The number of benzene rings is 1. The molecule has 1 unspecified atom stereocenters. The Balaban J connectivity index is 2.16. The minimum absolute atomic E-state index is 0.236. The fraction of sp³-hybridized carbons (Fsp3) is 0.250. The molecule has 1 heterocycles. The van der Waals surface area contributed by atoms with Crippen LogP contribution in [-0.2, 0) is 0 Å². The summed E-state index contributed by atoms with van der Waals surface area (Å²) >= 11 is 11.1. The van der Waals surface area contributed by atoms with Crippen LogP contribution in [0.15, 0.2) is 28.2 Å². The third-order valence-corrected chi connectivity index (χ3v) is 4.82. The molecule has 0 saturated heterocycles. The number of hydrogen-bond donors (Lipinski definition) is 1. The Labute approximate surface area is 118 Å². The molecule has 2 nitrogen and oxygen atoms in total. The Morgan fingerprint density at radius 2 is 2.24 bits per heavy atom. The molecule has 0 aliphatic heterocycles. The average molecular weight is 332 g/mol. The molecule has 90 valence electrons. The Bertz CT molecular complexity index is 527. The summed E-state index contributed by atoms with van der Waals surface area (Å²) in [5.41, 5.74) is 3.97. The molecule has 0 aliphatic rings. The van der Waals surface area contributed by atoms with Crippen molar-refractivity contribution < 1.29 is 0 Å². The molecule has 17 heavy (non-hydrogen) atoms. The van der Waals surface area contributed by atoms with Gasteiger partial charge in [-0.1, -0.05) is 11.6 Å². The van der Waals surface area contributed by atoms with Gasteiger partial charge < -0.3 is 5.32 Å². The van der Waals surface area contributed by atoms with Gasteiger partial charge in [0.1, 0.15) is 0 Å². The normalized spacial score (nSPS) is 12.5. The van der Waals surface area contributed by atoms with Crippen molar-refractivity contribution in [2.45, 2.75) is 19.9 Å². The van der Waals surface area contributed by atoms with Crippen LogP contribution in [0, 0.1) is 6.92 Å². The van der Waals surface area contributed by atoms with E-state index in [0.717, 1.165) is 15.9 Å². The lowest BCUT2D eigenvalue weighted by molar-refractivity contribution is 0.890. The van der Waals surface area contributed by atoms with Gasteiger partial charge in [-0.25, -0.2) is 4.98 Å². The minimum atomic E-state index is 0.236. The van der Waals surface area contributed by atoms with Gasteiger partial charge in [0.15, 0.2) is 0 Å². The highest BCUT2D eigenvalue weighted by Gasteiger charge is 2.11. The van der Waals surface area contributed by atoms with Crippen LogP contribution in [0.25, 0.3) is 0 Å². The summed E-state index contributed by atoms with van der Waals surface area (Å²) in [6.45, 7) is 4.15. The summed E-state index contributed by atoms with van der Waals surface area (Å²) in [4.78, 5) is 5.51. The zero-order valence-corrected chi connectivity index (χ0v) is 12.7. The second-order valence-corrected chi connectivity index (χ2v) is 5.94. The molecule has 1 aromatic carbocycles. The van der Waals surface area contributed by atoms with E-state index in [9.17, 15) is 0 Å². The van der Waals surface area contributed by atoms with Gasteiger partial charge in [0.25, 0.3) is 0 Å². The maximum atomic E-state index is 6.06. The smallest absolute Gasteiger partial charge is 0.0798 e. The fourth-order valence-corrected chi connectivity index (χ4v) is 2.87. The molecule has 2 rings (SSSR count). The minimum Gasteiger partial charge on any atom is -0.378 e. The summed E-state index contributed by atoms with van der Waals surface area (Å²) in [6.07, 6.45) is 0. The highest BCUT2D eigenvalue weighted by molar-refractivity contribution is 9.10. The van der Waals surface area contributed by atoms with E-state index in [4.69, 9.17) is 11.6 Å². The standard InChI is InChI=1S/C12H12BrClN2S/c1-7-12(17-6-15-7)8(2)16-9-3-4-10(13)11(14)5-9/h3-6,8,16H,1-2H3. The van der Waals surface area contributed by atoms with Crippen LogP contribution in [0.5, 0.6) is 0 Å². The number of rotatable bonds is 3. The number of nitrogens with one attached hydrogen (secondary N) is 1. The van der Waals surface area contributed by atoms with Crippen LogP contribution in [0.3, 0.4) is 0 Å². The van der Waals surface area contributed by atoms with Crippen molar-refractivity contribution in [1.82, 2.24) is 4.98 Å². The molecule has 0 amide bonds. The number of anilines is 1. The number of nitrogens with zero attached hydrogens (tertiary/aromatic N) is 1. The number of halogens is 2. The van der Waals surface area contributed by atoms with E-state index in [1.54, 1.807) is 11.3 Å². The average Bonchev–Trinajstić information content (AvgIpc) is 2.70. The third kappa shape index (κ3) is 3.00. The Hall–Kier alpha value is -0.580. The van der Waals surface area contributed by atoms with Crippen molar-refractivity contribution in [1.29, 1.82) is 0 Å². The fourth-order valence-electron chi connectivity index (χ4n) is 1.63. The lowest BCUT2D eigenvalue weighted by atomic mass is 10.2. The van der Waals surface area contributed by atoms with Gasteiger partial charge in [-0.15, -0.1) is 11.3 Å². The van der Waals surface area contributed by atoms with Gasteiger partial charge >= 0.3 is 0 Å². The highest BCUT2D eigenvalue weighted by Crippen LogP contribution is 2.29. The van der Waals surface area contributed by atoms with Crippen molar-refractivity contribution in [3.05, 3.63) is 43.8 Å². The molecule has 1 atom stereocenters. The lowest BCUT2D eigenvalue weighted by Crippen LogP contribution is -2.06. The molecule has 5 heteroatoms. The molecule has 1 aromatic heterocycles. The van der Waals surface area contributed by atoms with Crippen LogP contribution in [0.2, 0.25) is 5.02 Å². The number of aryl methyl sites for hydroxylation is 1. The largest absolute Gasteiger partial charge is 0.378 e. The van der Waals surface area contributed by atoms with Crippen LogP contribution < -0.4 is 5.32 Å². The maximum Gasteiger partial charge on any atom is 0.0798 e. The quantitative estimate of drug-likeness (QED) is 0.852. The summed E-state index contributed by atoms with van der Waals surface area (Å²) in [5.74, 6) is 0. The van der Waals surface area contributed by atoms with Crippen molar-refractivity contribution in [2.24, 2.45) is 0 Å². The first-order valence-corrected chi connectivity index (χ1v) is 7.24. The molecule has 1 N–H and O–H groups in total. The number of aromatic nitrogens is 1.